The molecule has 0 aromatic rings. The Bertz CT molecular complexity index is 274. The van der Waals surface area contributed by atoms with Crippen molar-refractivity contribution in [2.75, 3.05) is 13.1 Å². The van der Waals surface area contributed by atoms with Gasteiger partial charge >= 0.3 is 12.0 Å². The van der Waals surface area contributed by atoms with Gasteiger partial charge in [-0.2, -0.15) is 0 Å². The number of hydrogen-bond donors (Lipinski definition) is 4. The van der Waals surface area contributed by atoms with E-state index in [-0.39, 0.29) is 6.54 Å². The number of carboxylic acids is 1. The van der Waals surface area contributed by atoms with Gasteiger partial charge in [0.2, 0.25) is 0 Å². The first-order chi connectivity index (χ1) is 7.42. The van der Waals surface area contributed by atoms with Gasteiger partial charge in [0.15, 0.2) is 5.60 Å². The number of aliphatic hydroxyl groups is 1. The molecule has 4 N–H and O–H groups in total. The normalized spacial score (nSPS) is 18.6. The molecule has 0 aromatic heterocycles. The summed E-state index contributed by atoms with van der Waals surface area (Å²) in [4.78, 5) is 21.7. The molecule has 6 heteroatoms. The van der Waals surface area contributed by atoms with Crippen LogP contribution in [0, 0.1) is 5.92 Å². The van der Waals surface area contributed by atoms with Crippen LogP contribution >= 0.6 is 0 Å². The third-order valence-electron chi connectivity index (χ3n) is 2.59. The summed E-state index contributed by atoms with van der Waals surface area (Å²) in [7, 11) is 0. The molecule has 1 unspecified atom stereocenters. The maximum Gasteiger partial charge on any atom is 0.337 e. The Balaban J connectivity index is 2.10. The number of carbonyl (C=O) groups is 2. The van der Waals surface area contributed by atoms with Crippen LogP contribution in [0.15, 0.2) is 0 Å². The molecule has 0 spiro atoms. The molecule has 1 aliphatic rings. The lowest BCUT2D eigenvalue weighted by atomic mass is 10.1. The number of carbonyl (C=O) groups excluding carboxylic acids is 1. The summed E-state index contributed by atoms with van der Waals surface area (Å²) in [5.41, 5.74) is -1.92. The molecule has 92 valence electrons. The predicted octanol–water partition coefficient (Wildman–Crippen LogP) is -0.0787. The van der Waals surface area contributed by atoms with Crippen LogP contribution in [0.1, 0.15) is 26.2 Å². The molecule has 0 aliphatic heterocycles. The highest BCUT2D eigenvalue weighted by molar-refractivity contribution is 5.79. The largest absolute Gasteiger partial charge is 0.479 e. The van der Waals surface area contributed by atoms with Crippen molar-refractivity contribution in [2.45, 2.75) is 31.8 Å². The fraction of sp³-hybridized carbons (Fsp3) is 0.800. The molecule has 1 rings (SSSR count). The molecule has 1 atom stereocenters. The Kier molecular flexibility index (Phi) is 4.12. The van der Waals surface area contributed by atoms with Crippen LogP contribution in [0.3, 0.4) is 0 Å². The average molecular weight is 230 g/mol. The lowest BCUT2D eigenvalue weighted by Gasteiger charge is -2.18. The molecule has 1 saturated carbocycles. The Morgan fingerprint density at radius 2 is 2.00 bits per heavy atom. The third-order valence-corrected chi connectivity index (χ3v) is 2.59. The predicted molar refractivity (Wildman–Crippen MR) is 57.0 cm³/mol. The minimum atomic E-state index is -1.92. The monoisotopic (exact) mass is 230 g/mol. The average Bonchev–Trinajstić information content (AvgIpc) is 2.98. The SMILES string of the molecule is CC(O)(CNC(=O)NCCC1CC1)C(=O)O. The molecular weight excluding hydrogens is 212 g/mol. The van der Waals surface area contributed by atoms with E-state index >= 15 is 0 Å². The number of rotatable bonds is 6. The van der Waals surface area contributed by atoms with Gasteiger partial charge in [0, 0.05) is 6.54 Å². The lowest BCUT2D eigenvalue weighted by molar-refractivity contribution is -0.155. The first-order valence-corrected chi connectivity index (χ1v) is 5.39. The van der Waals surface area contributed by atoms with Gasteiger partial charge in [-0.3, -0.25) is 0 Å². The van der Waals surface area contributed by atoms with Crippen LogP contribution in [0.5, 0.6) is 0 Å². The van der Waals surface area contributed by atoms with Gasteiger partial charge in [0.05, 0.1) is 6.54 Å². The zero-order valence-electron chi connectivity index (χ0n) is 9.32. The van der Waals surface area contributed by atoms with E-state index < -0.39 is 17.6 Å². The summed E-state index contributed by atoms with van der Waals surface area (Å²) >= 11 is 0. The highest BCUT2D eigenvalue weighted by atomic mass is 16.4. The molecule has 1 fully saturated rings. The van der Waals surface area contributed by atoms with Crippen molar-refractivity contribution in [1.29, 1.82) is 0 Å². The first-order valence-electron chi connectivity index (χ1n) is 5.39. The Morgan fingerprint density at radius 3 is 2.50 bits per heavy atom. The van der Waals surface area contributed by atoms with Crippen molar-refractivity contribution in [3.05, 3.63) is 0 Å². The van der Waals surface area contributed by atoms with E-state index in [1.807, 2.05) is 0 Å². The molecule has 2 amide bonds. The topological polar surface area (TPSA) is 98.7 Å². The van der Waals surface area contributed by atoms with Crippen LogP contribution < -0.4 is 10.6 Å². The van der Waals surface area contributed by atoms with Crippen LogP contribution in [0.4, 0.5) is 4.79 Å². The fourth-order valence-corrected chi connectivity index (χ4v) is 1.19. The van der Waals surface area contributed by atoms with Crippen molar-refractivity contribution in [2.24, 2.45) is 5.92 Å². The van der Waals surface area contributed by atoms with Gasteiger partial charge in [-0.25, -0.2) is 9.59 Å². The summed E-state index contributed by atoms with van der Waals surface area (Å²) in [6.45, 7) is 1.42. The molecule has 0 aromatic carbocycles. The second-order valence-electron chi connectivity index (χ2n) is 4.42. The summed E-state index contributed by atoms with van der Waals surface area (Å²) in [5, 5.41) is 22.8. The van der Waals surface area contributed by atoms with E-state index in [0.717, 1.165) is 19.3 Å². The fourth-order valence-electron chi connectivity index (χ4n) is 1.19. The number of amides is 2. The highest BCUT2D eigenvalue weighted by Gasteiger charge is 2.30. The maximum atomic E-state index is 11.2. The number of aliphatic carboxylic acids is 1. The number of urea groups is 1. The van der Waals surface area contributed by atoms with Gasteiger partial charge < -0.3 is 20.8 Å². The van der Waals surface area contributed by atoms with E-state index in [1.165, 1.54) is 12.8 Å². The molecule has 0 radical (unpaired) electrons. The third kappa shape index (κ3) is 4.48. The maximum absolute atomic E-state index is 11.2. The van der Waals surface area contributed by atoms with Crippen molar-refractivity contribution in [1.82, 2.24) is 10.6 Å². The van der Waals surface area contributed by atoms with Gasteiger partial charge in [0.25, 0.3) is 0 Å². The van der Waals surface area contributed by atoms with Crippen LogP contribution in [0.2, 0.25) is 0 Å². The van der Waals surface area contributed by atoms with Crippen LogP contribution in [-0.2, 0) is 4.79 Å². The standard InChI is InChI=1S/C10H18N2O4/c1-10(16,8(13)14)6-12-9(15)11-5-4-7-2-3-7/h7,16H,2-6H2,1H3,(H,13,14)(H2,11,12,15). The van der Waals surface area contributed by atoms with E-state index in [4.69, 9.17) is 5.11 Å². The minimum absolute atomic E-state index is 0.308. The zero-order valence-corrected chi connectivity index (χ0v) is 9.32. The molecule has 0 saturated heterocycles. The van der Waals surface area contributed by atoms with E-state index in [9.17, 15) is 14.7 Å². The molecular formula is C10H18N2O4. The quantitative estimate of drug-likeness (QED) is 0.513. The first kappa shape index (κ1) is 12.8. The van der Waals surface area contributed by atoms with Crippen molar-refractivity contribution < 1.29 is 19.8 Å². The molecule has 0 heterocycles. The Morgan fingerprint density at radius 1 is 1.38 bits per heavy atom. The number of carboxylic acid groups (broad SMARTS) is 1. The van der Waals surface area contributed by atoms with Crippen LogP contribution in [0.25, 0.3) is 0 Å². The summed E-state index contributed by atoms with van der Waals surface area (Å²) in [5.74, 6) is -0.617. The van der Waals surface area contributed by atoms with Crippen molar-refractivity contribution in [3.8, 4) is 0 Å². The molecule has 6 nitrogen and oxygen atoms in total. The highest BCUT2D eigenvalue weighted by Crippen LogP contribution is 2.31. The summed E-state index contributed by atoms with van der Waals surface area (Å²) < 4.78 is 0. The number of nitrogens with one attached hydrogen (secondary N) is 2. The number of hydrogen-bond acceptors (Lipinski definition) is 3. The lowest BCUT2D eigenvalue weighted by Crippen LogP contribution is -2.49. The second-order valence-corrected chi connectivity index (χ2v) is 4.42. The van der Waals surface area contributed by atoms with Gasteiger partial charge in [0.1, 0.15) is 0 Å². The van der Waals surface area contributed by atoms with Crippen LogP contribution in [-0.4, -0.2) is 40.9 Å². The van der Waals surface area contributed by atoms with Crippen molar-refractivity contribution in [3.63, 3.8) is 0 Å². The summed E-state index contributed by atoms with van der Waals surface area (Å²) in [6.07, 6.45) is 3.43. The smallest absolute Gasteiger partial charge is 0.337 e. The Hall–Kier alpha value is -1.30. The van der Waals surface area contributed by atoms with Crippen molar-refractivity contribution >= 4 is 12.0 Å². The second kappa shape index (κ2) is 5.16. The van der Waals surface area contributed by atoms with Gasteiger partial charge in [-0.05, 0) is 19.3 Å². The minimum Gasteiger partial charge on any atom is -0.479 e. The van der Waals surface area contributed by atoms with E-state index in [1.54, 1.807) is 0 Å². The molecule has 0 bridgehead atoms. The van der Waals surface area contributed by atoms with Gasteiger partial charge in [-0.1, -0.05) is 12.8 Å². The molecule has 1 aliphatic carbocycles. The molecule has 16 heavy (non-hydrogen) atoms. The Labute approximate surface area is 94.0 Å². The van der Waals surface area contributed by atoms with E-state index in [2.05, 4.69) is 10.6 Å². The van der Waals surface area contributed by atoms with Gasteiger partial charge in [-0.15, -0.1) is 0 Å². The summed E-state index contributed by atoms with van der Waals surface area (Å²) in [6, 6.07) is -0.442. The van der Waals surface area contributed by atoms with E-state index in [0.29, 0.717) is 6.54 Å². The zero-order chi connectivity index (χ0) is 12.2.